The molecule has 25 heavy (non-hydrogen) atoms. The molecule has 0 heterocycles. The Morgan fingerprint density at radius 3 is 1.96 bits per heavy atom. The van der Waals surface area contributed by atoms with Gasteiger partial charge < -0.3 is 4.90 Å². The lowest BCUT2D eigenvalue weighted by molar-refractivity contribution is 0.0690. The van der Waals surface area contributed by atoms with E-state index >= 15 is 0 Å². The molecule has 0 bridgehead atoms. The number of carbonyl (C=O) groups excluding carboxylic acids is 1. The van der Waals surface area contributed by atoms with E-state index in [0.717, 1.165) is 0 Å². The first-order valence-electron chi connectivity index (χ1n) is 9.00. The molecule has 0 aromatic heterocycles. The molecule has 138 valence electrons. The Labute approximate surface area is 150 Å². The summed E-state index contributed by atoms with van der Waals surface area (Å²) < 4.78 is 27.3. The van der Waals surface area contributed by atoms with Gasteiger partial charge in [-0.2, -0.15) is 0 Å². The third-order valence-corrected chi connectivity index (χ3v) is 6.60. The van der Waals surface area contributed by atoms with Crippen molar-refractivity contribution in [3.8, 4) is 0 Å². The predicted octanol–water partition coefficient (Wildman–Crippen LogP) is 3.02. The summed E-state index contributed by atoms with van der Waals surface area (Å²) in [4.78, 5) is 14.9. The molecule has 1 aromatic carbocycles. The van der Waals surface area contributed by atoms with Crippen molar-refractivity contribution in [2.24, 2.45) is 11.8 Å². The third-order valence-electron chi connectivity index (χ3n) is 4.83. The maximum atomic E-state index is 12.8. The fourth-order valence-corrected chi connectivity index (χ4v) is 4.89. The van der Waals surface area contributed by atoms with Gasteiger partial charge in [-0.25, -0.2) is 13.1 Å². The van der Waals surface area contributed by atoms with Crippen LogP contribution in [0.2, 0.25) is 0 Å². The van der Waals surface area contributed by atoms with Crippen LogP contribution >= 0.6 is 0 Å². The minimum atomic E-state index is -3.58. The molecule has 6 heteroatoms. The minimum Gasteiger partial charge on any atom is -0.338 e. The second kappa shape index (κ2) is 6.40. The highest BCUT2D eigenvalue weighted by Gasteiger charge is 2.45. The first-order chi connectivity index (χ1) is 11.6. The van der Waals surface area contributed by atoms with E-state index in [4.69, 9.17) is 0 Å². The molecule has 0 atom stereocenters. The van der Waals surface area contributed by atoms with E-state index in [1.165, 1.54) is 37.8 Å². The summed E-state index contributed by atoms with van der Waals surface area (Å²) in [6, 6.07) is 6.61. The Hall–Kier alpha value is -1.40. The van der Waals surface area contributed by atoms with Crippen LogP contribution in [0.15, 0.2) is 29.2 Å². The number of nitrogens with zero attached hydrogens (tertiary/aromatic N) is 1. The molecule has 1 aromatic rings. The molecule has 0 radical (unpaired) electrons. The first kappa shape index (κ1) is 18.4. The molecule has 3 rings (SSSR count). The van der Waals surface area contributed by atoms with E-state index in [2.05, 4.69) is 4.72 Å². The molecule has 0 saturated heterocycles. The number of sulfonamides is 1. The molecular weight excluding hydrogens is 336 g/mol. The summed E-state index contributed by atoms with van der Waals surface area (Å²) in [6.07, 6.45) is 4.87. The third kappa shape index (κ3) is 4.42. The van der Waals surface area contributed by atoms with Crippen molar-refractivity contribution in [2.75, 3.05) is 7.05 Å². The molecule has 0 aliphatic heterocycles. The SMILES string of the molecule is CN(C(=O)c1ccc(S(=O)(=O)NC(C)(C)C)cc1)C(C1CC1)C1CC1. The van der Waals surface area contributed by atoms with Gasteiger partial charge >= 0.3 is 0 Å². The lowest BCUT2D eigenvalue weighted by Gasteiger charge is -2.28. The number of carbonyl (C=O) groups is 1. The quantitative estimate of drug-likeness (QED) is 0.844. The fraction of sp³-hybridized carbons (Fsp3) is 0.632. The smallest absolute Gasteiger partial charge is 0.253 e. The van der Waals surface area contributed by atoms with Crippen molar-refractivity contribution in [3.63, 3.8) is 0 Å². The van der Waals surface area contributed by atoms with Crippen LogP contribution in [0.5, 0.6) is 0 Å². The Morgan fingerprint density at radius 2 is 1.56 bits per heavy atom. The molecule has 5 nitrogen and oxygen atoms in total. The molecule has 2 fully saturated rings. The summed E-state index contributed by atoms with van der Waals surface area (Å²) in [5.74, 6) is 1.28. The Bertz CT molecular complexity index is 730. The summed E-state index contributed by atoms with van der Waals surface area (Å²) >= 11 is 0. The van der Waals surface area contributed by atoms with E-state index in [1.54, 1.807) is 32.9 Å². The van der Waals surface area contributed by atoms with Crippen molar-refractivity contribution in [1.29, 1.82) is 0 Å². The number of benzene rings is 1. The average molecular weight is 365 g/mol. The van der Waals surface area contributed by atoms with Crippen LogP contribution in [0, 0.1) is 11.8 Å². The zero-order valence-corrected chi connectivity index (χ0v) is 16.3. The van der Waals surface area contributed by atoms with Crippen LogP contribution in [-0.2, 0) is 10.0 Å². The normalized spacial score (nSPS) is 18.4. The van der Waals surface area contributed by atoms with E-state index in [-0.39, 0.29) is 10.8 Å². The Morgan fingerprint density at radius 1 is 1.08 bits per heavy atom. The molecule has 1 amide bonds. The maximum Gasteiger partial charge on any atom is 0.253 e. The molecule has 2 aliphatic rings. The van der Waals surface area contributed by atoms with E-state index in [1.807, 2.05) is 11.9 Å². The maximum absolute atomic E-state index is 12.8. The number of rotatable bonds is 6. The van der Waals surface area contributed by atoms with Gasteiger partial charge in [0.2, 0.25) is 10.0 Å². The van der Waals surface area contributed by atoms with Gasteiger partial charge in [0.15, 0.2) is 0 Å². The number of hydrogen-bond acceptors (Lipinski definition) is 3. The lowest BCUT2D eigenvalue weighted by atomic mass is 10.0. The molecule has 1 N–H and O–H groups in total. The van der Waals surface area contributed by atoms with Gasteiger partial charge in [0, 0.05) is 24.2 Å². The number of hydrogen-bond donors (Lipinski definition) is 1. The number of amides is 1. The minimum absolute atomic E-state index is 0.0171. The standard InChI is InChI=1S/C19H28N2O3S/c1-19(2,3)20-25(23,24)16-11-9-15(10-12-16)18(22)21(4)17(13-5-6-13)14-7-8-14/h9-14,17,20H,5-8H2,1-4H3. The average Bonchev–Trinajstić information content (AvgIpc) is 3.39. The van der Waals surface area contributed by atoms with Crippen molar-refractivity contribution in [2.45, 2.75) is 62.9 Å². The van der Waals surface area contributed by atoms with Gasteiger partial charge in [-0.3, -0.25) is 4.79 Å². The van der Waals surface area contributed by atoms with Gasteiger partial charge in [-0.05, 0) is 82.6 Å². The van der Waals surface area contributed by atoms with Gasteiger partial charge in [0.1, 0.15) is 0 Å². The topological polar surface area (TPSA) is 66.5 Å². The van der Waals surface area contributed by atoms with Crippen LogP contribution in [-0.4, -0.2) is 37.9 Å². The molecule has 2 saturated carbocycles. The van der Waals surface area contributed by atoms with Crippen LogP contribution < -0.4 is 4.72 Å². The highest BCUT2D eigenvalue weighted by atomic mass is 32.2. The van der Waals surface area contributed by atoms with Gasteiger partial charge in [0.05, 0.1) is 4.90 Å². The lowest BCUT2D eigenvalue weighted by Crippen LogP contribution is -2.40. The summed E-state index contributed by atoms with van der Waals surface area (Å²) in [5.41, 5.74) is -0.00142. The zero-order valence-electron chi connectivity index (χ0n) is 15.5. The largest absolute Gasteiger partial charge is 0.338 e. The van der Waals surface area contributed by atoms with E-state index < -0.39 is 15.6 Å². The second-order valence-electron chi connectivity index (χ2n) is 8.46. The van der Waals surface area contributed by atoms with Crippen LogP contribution in [0.25, 0.3) is 0 Å². The van der Waals surface area contributed by atoms with Crippen LogP contribution in [0.1, 0.15) is 56.8 Å². The van der Waals surface area contributed by atoms with Crippen molar-refractivity contribution in [3.05, 3.63) is 29.8 Å². The van der Waals surface area contributed by atoms with E-state index in [0.29, 0.717) is 23.4 Å². The number of nitrogens with one attached hydrogen (secondary N) is 1. The fourth-order valence-electron chi connectivity index (χ4n) is 3.47. The van der Waals surface area contributed by atoms with Crippen molar-refractivity contribution in [1.82, 2.24) is 9.62 Å². The van der Waals surface area contributed by atoms with Gasteiger partial charge in [0.25, 0.3) is 5.91 Å². The Balaban J connectivity index is 1.74. The monoisotopic (exact) mass is 364 g/mol. The van der Waals surface area contributed by atoms with Gasteiger partial charge in [-0.1, -0.05) is 0 Å². The predicted molar refractivity (Wildman–Crippen MR) is 97.8 cm³/mol. The molecule has 2 aliphatic carbocycles. The van der Waals surface area contributed by atoms with Crippen LogP contribution in [0.4, 0.5) is 0 Å². The second-order valence-corrected chi connectivity index (χ2v) is 10.1. The van der Waals surface area contributed by atoms with Crippen molar-refractivity contribution >= 4 is 15.9 Å². The first-order valence-corrected chi connectivity index (χ1v) is 10.5. The highest BCUT2D eigenvalue weighted by Crippen LogP contribution is 2.47. The molecule has 0 unspecified atom stereocenters. The van der Waals surface area contributed by atoms with Gasteiger partial charge in [-0.15, -0.1) is 0 Å². The Kier molecular flexibility index (Phi) is 4.71. The molecular formula is C19H28N2O3S. The molecule has 0 spiro atoms. The summed E-state index contributed by atoms with van der Waals surface area (Å²) in [7, 11) is -1.69. The van der Waals surface area contributed by atoms with E-state index in [9.17, 15) is 13.2 Å². The zero-order chi connectivity index (χ0) is 18.4. The highest BCUT2D eigenvalue weighted by molar-refractivity contribution is 7.89. The van der Waals surface area contributed by atoms with Crippen LogP contribution in [0.3, 0.4) is 0 Å². The summed E-state index contributed by atoms with van der Waals surface area (Å²) in [5, 5.41) is 0. The van der Waals surface area contributed by atoms with Crippen molar-refractivity contribution < 1.29 is 13.2 Å². The summed E-state index contributed by atoms with van der Waals surface area (Å²) in [6.45, 7) is 5.40.